The SMILES string of the molecule is CCCCC/C=C\CC1OC1C/C=C\C/C=C\CCCC(=O)O[C@H](COC(=O)CCCCCCCCCCCCC)COP(=O)(O)OC[C@H](N)C(=O)O. The number of esters is 2. The van der Waals surface area contributed by atoms with Crippen molar-refractivity contribution in [3.63, 3.8) is 0 Å². The third-order valence-corrected chi connectivity index (χ3v) is 9.74. The van der Waals surface area contributed by atoms with Gasteiger partial charge in [0, 0.05) is 12.8 Å². The lowest BCUT2D eigenvalue weighted by molar-refractivity contribution is -0.161. The minimum atomic E-state index is -4.73. The minimum absolute atomic E-state index is 0.0809. The molecule has 0 aliphatic carbocycles. The van der Waals surface area contributed by atoms with E-state index >= 15 is 0 Å². The summed E-state index contributed by atoms with van der Waals surface area (Å²) in [6, 6.07) is -1.53. The van der Waals surface area contributed by atoms with Gasteiger partial charge in [0.2, 0.25) is 0 Å². The van der Waals surface area contributed by atoms with Crippen LogP contribution in [0.3, 0.4) is 0 Å². The fourth-order valence-corrected chi connectivity index (χ4v) is 6.23. The maximum atomic E-state index is 12.6. The molecule has 0 aromatic carbocycles. The van der Waals surface area contributed by atoms with Gasteiger partial charge in [-0.25, -0.2) is 4.57 Å². The number of epoxide rings is 1. The molecule has 1 aliphatic rings. The van der Waals surface area contributed by atoms with Crippen LogP contribution in [0, 0.1) is 0 Å². The molecule has 0 aromatic heterocycles. The normalized spacial score (nSPS) is 18.0. The molecule has 0 amide bonds. The highest BCUT2D eigenvalue weighted by molar-refractivity contribution is 7.47. The molecule has 4 N–H and O–H groups in total. The van der Waals surface area contributed by atoms with E-state index in [1.54, 1.807) is 0 Å². The number of rotatable bonds is 36. The average Bonchev–Trinajstić information content (AvgIpc) is 3.89. The fraction of sp³-hybridized carbons (Fsp3) is 0.775. The number of phosphoric ester groups is 1. The van der Waals surface area contributed by atoms with Crippen LogP contribution in [-0.4, -0.2) is 72.1 Å². The molecule has 12 nitrogen and oxygen atoms in total. The number of hydrogen-bond donors (Lipinski definition) is 3. The van der Waals surface area contributed by atoms with Gasteiger partial charge in [0.15, 0.2) is 6.10 Å². The Morgan fingerprint density at radius 1 is 0.679 bits per heavy atom. The number of aliphatic carboxylic acids is 1. The zero-order valence-corrected chi connectivity index (χ0v) is 33.4. The zero-order chi connectivity index (χ0) is 39.0. The predicted octanol–water partition coefficient (Wildman–Crippen LogP) is 9.04. The number of carbonyl (C=O) groups excluding carboxylic acids is 2. The van der Waals surface area contributed by atoms with Gasteiger partial charge in [-0.15, -0.1) is 0 Å². The van der Waals surface area contributed by atoms with Gasteiger partial charge in [-0.05, 0) is 51.4 Å². The first kappa shape index (κ1) is 48.7. The molecule has 3 unspecified atom stereocenters. The second-order valence-electron chi connectivity index (χ2n) is 13.8. The van der Waals surface area contributed by atoms with Crippen molar-refractivity contribution in [3.05, 3.63) is 36.5 Å². The zero-order valence-electron chi connectivity index (χ0n) is 32.5. The van der Waals surface area contributed by atoms with Gasteiger partial charge in [-0.2, -0.15) is 0 Å². The molecule has 0 radical (unpaired) electrons. The lowest BCUT2D eigenvalue weighted by atomic mass is 10.1. The summed E-state index contributed by atoms with van der Waals surface area (Å²) in [7, 11) is -4.73. The molecule has 0 aromatic rings. The number of ether oxygens (including phenoxy) is 3. The van der Waals surface area contributed by atoms with Gasteiger partial charge in [0.1, 0.15) is 12.6 Å². The second kappa shape index (κ2) is 32.0. The summed E-state index contributed by atoms with van der Waals surface area (Å²) in [6.45, 7) is 2.68. The lowest BCUT2D eigenvalue weighted by Crippen LogP contribution is -2.34. The Balaban J connectivity index is 2.36. The maximum absolute atomic E-state index is 12.6. The number of carboxylic acid groups (broad SMARTS) is 1. The molecule has 0 bridgehead atoms. The third kappa shape index (κ3) is 29.7. The molecular weight excluding hydrogens is 701 g/mol. The molecule has 53 heavy (non-hydrogen) atoms. The van der Waals surface area contributed by atoms with E-state index in [-0.39, 0.29) is 19.4 Å². The van der Waals surface area contributed by atoms with Gasteiger partial charge in [-0.1, -0.05) is 127 Å². The summed E-state index contributed by atoms with van der Waals surface area (Å²) in [5.74, 6) is -2.46. The van der Waals surface area contributed by atoms with E-state index in [1.165, 1.54) is 64.2 Å². The first-order chi connectivity index (χ1) is 25.6. The van der Waals surface area contributed by atoms with Crippen molar-refractivity contribution < 1.29 is 52.2 Å². The van der Waals surface area contributed by atoms with Crippen molar-refractivity contribution in [1.29, 1.82) is 0 Å². The van der Waals surface area contributed by atoms with Crippen LogP contribution in [0.4, 0.5) is 0 Å². The Kier molecular flexibility index (Phi) is 29.4. The molecule has 306 valence electrons. The summed E-state index contributed by atoms with van der Waals surface area (Å²) in [5.41, 5.74) is 5.32. The third-order valence-electron chi connectivity index (χ3n) is 8.79. The highest BCUT2D eigenvalue weighted by Gasteiger charge is 2.36. The summed E-state index contributed by atoms with van der Waals surface area (Å²) < 4.78 is 38.3. The first-order valence-electron chi connectivity index (χ1n) is 20.1. The number of unbranched alkanes of at least 4 members (excludes halogenated alkanes) is 14. The van der Waals surface area contributed by atoms with E-state index < -0.39 is 51.1 Å². The van der Waals surface area contributed by atoms with E-state index in [0.29, 0.717) is 31.5 Å². The van der Waals surface area contributed by atoms with Gasteiger partial charge in [-0.3, -0.25) is 23.4 Å². The highest BCUT2D eigenvalue weighted by Crippen LogP contribution is 2.43. The lowest BCUT2D eigenvalue weighted by Gasteiger charge is -2.20. The van der Waals surface area contributed by atoms with Gasteiger partial charge >= 0.3 is 25.7 Å². The standard InChI is InChI=1S/C40H70NO11P/c1-3-5-7-9-11-12-13-14-17-21-25-29-38(42)48-31-34(32-49-53(46,47)50-33-35(41)40(44)45)51-39(43)30-26-22-18-15-16-20-24-28-37-36(52-37)27-23-19-10-8-6-4-2/h15,18-20,23-24,34-37H,3-14,16-17,21-22,25-33,41H2,1-2H3,(H,44,45)(H,46,47)/b18-15-,23-19-,24-20-/t34-,35+,36?,37?/m1/s1. The van der Waals surface area contributed by atoms with Crippen LogP contribution >= 0.6 is 7.82 Å². The monoisotopic (exact) mass is 771 g/mol. The van der Waals surface area contributed by atoms with E-state index in [9.17, 15) is 23.8 Å². The molecule has 1 aliphatic heterocycles. The van der Waals surface area contributed by atoms with Crippen molar-refractivity contribution in [2.75, 3.05) is 19.8 Å². The van der Waals surface area contributed by atoms with Crippen LogP contribution in [0.2, 0.25) is 0 Å². The van der Waals surface area contributed by atoms with Crippen LogP contribution in [0.1, 0.15) is 155 Å². The van der Waals surface area contributed by atoms with Crippen molar-refractivity contribution in [1.82, 2.24) is 0 Å². The van der Waals surface area contributed by atoms with Crippen LogP contribution in [0.5, 0.6) is 0 Å². The summed E-state index contributed by atoms with van der Waals surface area (Å²) >= 11 is 0. The molecular formula is C40H70NO11P. The number of hydrogen-bond acceptors (Lipinski definition) is 10. The number of allylic oxidation sites excluding steroid dienone is 4. The first-order valence-corrected chi connectivity index (χ1v) is 21.6. The minimum Gasteiger partial charge on any atom is -0.480 e. The Hall–Kier alpha value is -2.34. The summed E-state index contributed by atoms with van der Waals surface area (Å²) in [4.78, 5) is 45.8. The molecule has 5 atom stereocenters. The van der Waals surface area contributed by atoms with Crippen LogP contribution in [0.25, 0.3) is 0 Å². The van der Waals surface area contributed by atoms with E-state index in [1.807, 2.05) is 12.2 Å². The van der Waals surface area contributed by atoms with E-state index in [0.717, 1.165) is 44.9 Å². The van der Waals surface area contributed by atoms with Crippen molar-refractivity contribution in [2.24, 2.45) is 5.73 Å². The maximum Gasteiger partial charge on any atom is 0.472 e. The van der Waals surface area contributed by atoms with Gasteiger partial charge in [0.05, 0.1) is 25.4 Å². The smallest absolute Gasteiger partial charge is 0.472 e. The Morgan fingerprint density at radius 2 is 1.19 bits per heavy atom. The summed E-state index contributed by atoms with van der Waals surface area (Å²) in [5, 5.41) is 8.87. The number of nitrogens with two attached hydrogens (primary N) is 1. The molecule has 1 heterocycles. The number of phosphoric acid groups is 1. The van der Waals surface area contributed by atoms with E-state index in [2.05, 4.69) is 42.7 Å². The summed E-state index contributed by atoms with van der Waals surface area (Å²) in [6.07, 6.45) is 33.9. The Bertz CT molecular complexity index is 1110. The predicted molar refractivity (Wildman–Crippen MR) is 207 cm³/mol. The Morgan fingerprint density at radius 3 is 1.83 bits per heavy atom. The number of carbonyl (C=O) groups is 3. The molecule has 0 spiro atoms. The highest BCUT2D eigenvalue weighted by atomic mass is 31.2. The average molecular weight is 772 g/mol. The quantitative estimate of drug-likeness (QED) is 0.0181. The molecule has 1 rings (SSSR count). The van der Waals surface area contributed by atoms with Gasteiger partial charge < -0.3 is 29.9 Å². The Labute approximate surface area is 318 Å². The van der Waals surface area contributed by atoms with Crippen molar-refractivity contribution in [2.45, 2.75) is 179 Å². The molecule has 1 fully saturated rings. The van der Waals surface area contributed by atoms with Crippen LogP contribution in [0.15, 0.2) is 36.5 Å². The molecule has 0 saturated carbocycles. The van der Waals surface area contributed by atoms with Crippen molar-refractivity contribution >= 4 is 25.7 Å². The molecule has 1 saturated heterocycles. The van der Waals surface area contributed by atoms with Gasteiger partial charge in [0.25, 0.3) is 0 Å². The van der Waals surface area contributed by atoms with Crippen LogP contribution in [-0.2, 0) is 42.2 Å². The fourth-order valence-electron chi connectivity index (χ4n) is 5.45. The molecule has 13 heteroatoms. The number of carboxylic acids is 1. The topological polar surface area (TPSA) is 184 Å². The largest absolute Gasteiger partial charge is 0.480 e. The van der Waals surface area contributed by atoms with Crippen molar-refractivity contribution in [3.8, 4) is 0 Å². The van der Waals surface area contributed by atoms with E-state index in [4.69, 9.17) is 29.6 Å². The second-order valence-corrected chi connectivity index (χ2v) is 15.3. The van der Waals surface area contributed by atoms with Crippen LogP contribution < -0.4 is 5.73 Å².